The van der Waals surface area contributed by atoms with Gasteiger partial charge in [-0.3, -0.25) is 15.1 Å². The van der Waals surface area contributed by atoms with Crippen LogP contribution in [0.2, 0.25) is 0 Å². The van der Waals surface area contributed by atoms with Crippen molar-refractivity contribution in [3.8, 4) is 0 Å². The molecule has 4 nitrogen and oxygen atoms in total. The zero-order chi connectivity index (χ0) is 11.8. The number of carbonyl (C=O) groups is 1. The Morgan fingerprint density at radius 3 is 2.73 bits per heavy atom. The van der Waals surface area contributed by atoms with Crippen LogP contribution in [-0.2, 0) is 9.63 Å². The van der Waals surface area contributed by atoms with Crippen LogP contribution in [-0.4, -0.2) is 29.8 Å². The summed E-state index contributed by atoms with van der Waals surface area (Å²) in [5.41, 5.74) is 3.33. The van der Waals surface area contributed by atoms with E-state index >= 15 is 0 Å². The smallest absolute Gasteiger partial charge is 0.244 e. The largest absolute Gasteiger partial charge is 0.312 e. The SMILES string of the molecule is C=CCN(C=C(C)NOC)C(=O)C(C)Cl. The van der Waals surface area contributed by atoms with Crippen molar-refractivity contribution in [3.63, 3.8) is 0 Å². The third-order valence-electron chi connectivity index (χ3n) is 1.56. The van der Waals surface area contributed by atoms with Gasteiger partial charge in [-0.1, -0.05) is 6.08 Å². The first-order valence-corrected chi connectivity index (χ1v) is 4.99. The average molecular weight is 233 g/mol. The lowest BCUT2D eigenvalue weighted by molar-refractivity contribution is -0.127. The van der Waals surface area contributed by atoms with Crippen molar-refractivity contribution in [2.75, 3.05) is 13.7 Å². The van der Waals surface area contributed by atoms with E-state index in [0.29, 0.717) is 12.2 Å². The van der Waals surface area contributed by atoms with Crippen molar-refractivity contribution in [2.45, 2.75) is 19.2 Å². The molecule has 0 bridgehead atoms. The fourth-order valence-corrected chi connectivity index (χ4v) is 1.12. The van der Waals surface area contributed by atoms with Crippen molar-refractivity contribution in [1.29, 1.82) is 0 Å². The monoisotopic (exact) mass is 232 g/mol. The van der Waals surface area contributed by atoms with Gasteiger partial charge in [0.2, 0.25) is 5.91 Å². The van der Waals surface area contributed by atoms with E-state index in [0.717, 1.165) is 0 Å². The predicted octanol–water partition coefficient (Wildman–Crippen LogP) is 1.64. The fraction of sp³-hybridized carbons (Fsp3) is 0.500. The Hall–Kier alpha value is -1.00. The van der Waals surface area contributed by atoms with Crippen molar-refractivity contribution in [3.05, 3.63) is 24.6 Å². The number of hydroxylamine groups is 1. The summed E-state index contributed by atoms with van der Waals surface area (Å²) in [6, 6.07) is 0. The molecule has 0 aromatic carbocycles. The normalized spacial score (nSPS) is 13.2. The predicted molar refractivity (Wildman–Crippen MR) is 61.1 cm³/mol. The summed E-state index contributed by atoms with van der Waals surface area (Å²) in [6.07, 6.45) is 3.26. The first-order chi connectivity index (χ1) is 7.02. The number of hydrogen-bond donors (Lipinski definition) is 1. The summed E-state index contributed by atoms with van der Waals surface area (Å²) in [6.45, 7) is 7.41. The quantitative estimate of drug-likeness (QED) is 0.430. The van der Waals surface area contributed by atoms with Crippen molar-refractivity contribution < 1.29 is 9.63 Å². The molecule has 0 aliphatic carbocycles. The van der Waals surface area contributed by atoms with Crippen molar-refractivity contribution in [2.24, 2.45) is 0 Å². The van der Waals surface area contributed by atoms with Gasteiger partial charge in [0.1, 0.15) is 5.38 Å². The van der Waals surface area contributed by atoms with Gasteiger partial charge in [0.25, 0.3) is 0 Å². The Morgan fingerprint density at radius 1 is 1.73 bits per heavy atom. The lowest BCUT2D eigenvalue weighted by atomic mass is 10.3. The molecule has 0 aliphatic rings. The molecule has 0 fully saturated rings. The number of nitrogens with zero attached hydrogens (tertiary/aromatic N) is 1. The molecule has 1 amide bonds. The van der Waals surface area contributed by atoms with Crippen LogP contribution in [0, 0.1) is 0 Å². The third-order valence-corrected chi connectivity index (χ3v) is 1.75. The minimum atomic E-state index is -0.559. The zero-order valence-corrected chi connectivity index (χ0v) is 10.0. The third kappa shape index (κ3) is 5.44. The molecule has 1 atom stereocenters. The summed E-state index contributed by atoms with van der Waals surface area (Å²) in [7, 11) is 1.50. The van der Waals surface area contributed by atoms with Gasteiger partial charge in [0.05, 0.1) is 12.8 Å². The van der Waals surface area contributed by atoms with Gasteiger partial charge in [0, 0.05) is 12.7 Å². The second-order valence-corrected chi connectivity index (χ2v) is 3.67. The van der Waals surface area contributed by atoms with Gasteiger partial charge in [-0.2, -0.15) is 0 Å². The first kappa shape index (κ1) is 14.0. The lowest BCUT2D eigenvalue weighted by Gasteiger charge is -2.19. The number of nitrogens with one attached hydrogen (secondary N) is 1. The van der Waals surface area contributed by atoms with Crippen LogP contribution in [0.15, 0.2) is 24.6 Å². The number of carbonyl (C=O) groups excluding carboxylic acids is 1. The topological polar surface area (TPSA) is 41.6 Å². The Kier molecular flexibility index (Phi) is 6.83. The molecule has 0 spiro atoms. The summed E-state index contributed by atoms with van der Waals surface area (Å²) in [5, 5.41) is -0.559. The summed E-state index contributed by atoms with van der Waals surface area (Å²) < 4.78 is 0. The second kappa shape index (κ2) is 7.31. The fourth-order valence-electron chi connectivity index (χ4n) is 0.995. The highest BCUT2D eigenvalue weighted by molar-refractivity contribution is 6.30. The first-order valence-electron chi connectivity index (χ1n) is 4.55. The molecule has 86 valence electrons. The molecule has 0 saturated heterocycles. The standard InChI is InChI=1S/C10H17ClN2O2/c1-5-6-13(10(14)9(3)11)7-8(2)12-15-4/h5,7,9,12H,1,6H2,2-4H3. The molecule has 0 saturated carbocycles. The molecule has 0 aromatic rings. The Balaban J connectivity index is 4.58. The zero-order valence-electron chi connectivity index (χ0n) is 9.29. The molecular formula is C10H17ClN2O2. The molecule has 0 radical (unpaired) electrons. The van der Waals surface area contributed by atoms with E-state index in [9.17, 15) is 4.79 Å². The molecule has 5 heteroatoms. The Labute approximate surface area is 95.5 Å². The number of rotatable bonds is 6. The van der Waals surface area contributed by atoms with Crippen LogP contribution in [0.25, 0.3) is 0 Å². The van der Waals surface area contributed by atoms with E-state index in [2.05, 4.69) is 12.1 Å². The van der Waals surface area contributed by atoms with Crippen LogP contribution < -0.4 is 5.48 Å². The maximum Gasteiger partial charge on any atom is 0.244 e. The van der Waals surface area contributed by atoms with Crippen LogP contribution in [0.3, 0.4) is 0 Å². The van der Waals surface area contributed by atoms with E-state index < -0.39 is 5.38 Å². The summed E-state index contributed by atoms with van der Waals surface area (Å²) >= 11 is 5.71. The average Bonchev–Trinajstić information content (AvgIpc) is 2.16. The summed E-state index contributed by atoms with van der Waals surface area (Å²) in [5.74, 6) is -0.172. The van der Waals surface area contributed by atoms with E-state index in [1.165, 1.54) is 12.0 Å². The van der Waals surface area contributed by atoms with Gasteiger partial charge in [-0.05, 0) is 13.8 Å². The minimum absolute atomic E-state index is 0.172. The van der Waals surface area contributed by atoms with Gasteiger partial charge in [-0.25, -0.2) is 0 Å². The molecule has 0 aliphatic heterocycles. The number of halogens is 1. The van der Waals surface area contributed by atoms with Crippen molar-refractivity contribution >= 4 is 17.5 Å². The maximum absolute atomic E-state index is 11.6. The van der Waals surface area contributed by atoms with E-state index in [1.807, 2.05) is 0 Å². The maximum atomic E-state index is 11.6. The molecule has 0 aromatic heterocycles. The number of hydrogen-bond acceptors (Lipinski definition) is 3. The Morgan fingerprint density at radius 2 is 2.33 bits per heavy atom. The molecule has 1 N–H and O–H groups in total. The van der Waals surface area contributed by atoms with Crippen LogP contribution in [0.5, 0.6) is 0 Å². The van der Waals surface area contributed by atoms with Crippen molar-refractivity contribution in [1.82, 2.24) is 10.4 Å². The van der Waals surface area contributed by atoms with E-state index in [1.54, 1.807) is 26.1 Å². The molecule has 15 heavy (non-hydrogen) atoms. The summed E-state index contributed by atoms with van der Waals surface area (Å²) in [4.78, 5) is 17.8. The molecule has 1 unspecified atom stereocenters. The Bertz CT molecular complexity index is 252. The van der Waals surface area contributed by atoms with Gasteiger partial charge >= 0.3 is 0 Å². The second-order valence-electron chi connectivity index (χ2n) is 3.01. The van der Waals surface area contributed by atoms with Crippen LogP contribution in [0.4, 0.5) is 0 Å². The van der Waals surface area contributed by atoms with Gasteiger partial charge < -0.3 is 4.90 Å². The number of alkyl halides is 1. The van der Waals surface area contributed by atoms with Gasteiger partial charge in [0.15, 0.2) is 0 Å². The number of amides is 1. The highest BCUT2D eigenvalue weighted by Crippen LogP contribution is 2.04. The highest BCUT2D eigenvalue weighted by atomic mass is 35.5. The van der Waals surface area contributed by atoms with Gasteiger partial charge in [-0.15, -0.1) is 18.2 Å². The minimum Gasteiger partial charge on any atom is -0.312 e. The van der Waals surface area contributed by atoms with E-state index in [-0.39, 0.29) is 5.91 Å². The molecular weight excluding hydrogens is 216 g/mol. The lowest BCUT2D eigenvalue weighted by Crippen LogP contribution is -2.32. The molecule has 0 heterocycles. The van der Waals surface area contributed by atoms with Crippen LogP contribution in [0.1, 0.15) is 13.8 Å². The molecule has 0 rings (SSSR count). The van der Waals surface area contributed by atoms with Crippen LogP contribution >= 0.6 is 11.6 Å². The highest BCUT2D eigenvalue weighted by Gasteiger charge is 2.15. The van der Waals surface area contributed by atoms with E-state index in [4.69, 9.17) is 16.4 Å². The number of allylic oxidation sites excluding steroid dienone is 1.